The molecular weight excluding hydrogens is 266 g/mol. The lowest BCUT2D eigenvalue weighted by molar-refractivity contribution is -0.116. The zero-order chi connectivity index (χ0) is 15.2. The number of nitrogens with zero attached hydrogens (tertiary/aromatic N) is 1. The molecule has 3 N–H and O–H groups in total. The lowest BCUT2D eigenvalue weighted by atomic mass is 10.1. The summed E-state index contributed by atoms with van der Waals surface area (Å²) in [4.78, 5) is 25.0. The van der Waals surface area contributed by atoms with Gasteiger partial charge in [0, 0.05) is 18.4 Å². The fourth-order valence-corrected chi connectivity index (χ4v) is 1.94. The maximum atomic E-state index is 12.1. The van der Waals surface area contributed by atoms with Crippen LogP contribution < -0.4 is 16.0 Å². The van der Waals surface area contributed by atoms with Crippen molar-refractivity contribution in [2.75, 3.05) is 23.8 Å². The monoisotopic (exact) mass is 283 g/mol. The molecule has 0 aliphatic rings. The Balaban J connectivity index is 2.03. The molecule has 2 aromatic carbocycles. The highest BCUT2D eigenvalue weighted by Crippen LogP contribution is 2.15. The summed E-state index contributed by atoms with van der Waals surface area (Å²) in [5, 5.41) is 2.95. The SMILES string of the molecule is CN(C(=O)CNc1ccccc1C(N)=O)c1ccccc1. The average Bonchev–Trinajstić information content (AvgIpc) is 2.52. The molecule has 0 radical (unpaired) electrons. The van der Waals surface area contributed by atoms with E-state index in [1.165, 1.54) is 0 Å². The first-order valence-electron chi connectivity index (χ1n) is 6.54. The van der Waals surface area contributed by atoms with Crippen LogP contribution in [0.3, 0.4) is 0 Å². The summed E-state index contributed by atoms with van der Waals surface area (Å²) in [6.45, 7) is 0.0791. The summed E-state index contributed by atoms with van der Waals surface area (Å²) in [6, 6.07) is 16.2. The van der Waals surface area contributed by atoms with Gasteiger partial charge in [0.1, 0.15) is 0 Å². The minimum atomic E-state index is -0.526. The molecule has 0 aliphatic heterocycles. The van der Waals surface area contributed by atoms with Crippen LogP contribution in [0.2, 0.25) is 0 Å². The molecule has 0 saturated carbocycles. The van der Waals surface area contributed by atoms with Crippen LogP contribution in [0.5, 0.6) is 0 Å². The number of hydrogen-bond acceptors (Lipinski definition) is 3. The predicted molar refractivity (Wildman–Crippen MR) is 83.3 cm³/mol. The summed E-state index contributed by atoms with van der Waals surface area (Å²) in [5.41, 5.74) is 7.03. The lowest BCUT2D eigenvalue weighted by Crippen LogP contribution is -2.32. The first-order chi connectivity index (χ1) is 10.1. The van der Waals surface area contributed by atoms with Gasteiger partial charge in [-0.25, -0.2) is 0 Å². The molecule has 0 spiro atoms. The average molecular weight is 283 g/mol. The fourth-order valence-electron chi connectivity index (χ4n) is 1.94. The van der Waals surface area contributed by atoms with Gasteiger partial charge in [-0.2, -0.15) is 0 Å². The topological polar surface area (TPSA) is 75.4 Å². The number of nitrogens with two attached hydrogens (primary N) is 1. The van der Waals surface area contributed by atoms with E-state index in [0.29, 0.717) is 11.3 Å². The molecular formula is C16H17N3O2. The molecule has 5 heteroatoms. The van der Waals surface area contributed by atoms with Gasteiger partial charge in [0.15, 0.2) is 0 Å². The van der Waals surface area contributed by atoms with Crippen molar-refractivity contribution in [1.29, 1.82) is 0 Å². The maximum Gasteiger partial charge on any atom is 0.250 e. The number of para-hydroxylation sites is 2. The second-order valence-electron chi connectivity index (χ2n) is 4.55. The van der Waals surface area contributed by atoms with Crippen LogP contribution in [0.1, 0.15) is 10.4 Å². The van der Waals surface area contributed by atoms with Crippen molar-refractivity contribution in [3.8, 4) is 0 Å². The highest BCUT2D eigenvalue weighted by atomic mass is 16.2. The number of benzene rings is 2. The van der Waals surface area contributed by atoms with Crippen molar-refractivity contribution in [3.63, 3.8) is 0 Å². The van der Waals surface area contributed by atoms with Crippen LogP contribution in [-0.4, -0.2) is 25.4 Å². The minimum Gasteiger partial charge on any atom is -0.375 e. The third-order valence-electron chi connectivity index (χ3n) is 3.14. The quantitative estimate of drug-likeness (QED) is 0.879. The molecule has 0 saturated heterocycles. The number of carbonyl (C=O) groups excluding carboxylic acids is 2. The van der Waals surface area contributed by atoms with Crippen molar-refractivity contribution < 1.29 is 9.59 Å². The molecule has 21 heavy (non-hydrogen) atoms. The van der Waals surface area contributed by atoms with E-state index in [1.54, 1.807) is 36.2 Å². The number of nitrogens with one attached hydrogen (secondary N) is 1. The number of anilines is 2. The Morgan fingerprint density at radius 3 is 2.33 bits per heavy atom. The number of hydrogen-bond donors (Lipinski definition) is 2. The Morgan fingerprint density at radius 1 is 1.05 bits per heavy atom. The molecule has 108 valence electrons. The van der Waals surface area contributed by atoms with Crippen molar-refractivity contribution in [2.24, 2.45) is 5.73 Å². The van der Waals surface area contributed by atoms with Gasteiger partial charge in [0.25, 0.3) is 5.91 Å². The maximum absolute atomic E-state index is 12.1. The summed E-state index contributed by atoms with van der Waals surface area (Å²) in [5.74, 6) is -0.637. The van der Waals surface area contributed by atoms with Crippen molar-refractivity contribution in [3.05, 3.63) is 60.2 Å². The van der Waals surface area contributed by atoms with E-state index in [1.807, 2.05) is 30.3 Å². The van der Waals surface area contributed by atoms with Gasteiger partial charge in [-0.15, -0.1) is 0 Å². The Labute approximate surface area is 123 Å². The number of amides is 2. The van der Waals surface area contributed by atoms with Crippen LogP contribution in [0.25, 0.3) is 0 Å². The van der Waals surface area contributed by atoms with Crippen LogP contribution in [0.4, 0.5) is 11.4 Å². The van der Waals surface area contributed by atoms with Crippen LogP contribution in [0, 0.1) is 0 Å². The van der Waals surface area contributed by atoms with Crippen LogP contribution in [0.15, 0.2) is 54.6 Å². The third-order valence-corrected chi connectivity index (χ3v) is 3.14. The van der Waals surface area contributed by atoms with Gasteiger partial charge < -0.3 is 16.0 Å². The Kier molecular flexibility index (Phi) is 4.56. The molecule has 0 bridgehead atoms. The van der Waals surface area contributed by atoms with E-state index in [0.717, 1.165) is 5.69 Å². The zero-order valence-corrected chi connectivity index (χ0v) is 11.7. The molecule has 0 aromatic heterocycles. The predicted octanol–water partition coefficient (Wildman–Crippen LogP) is 1.86. The van der Waals surface area contributed by atoms with Crippen molar-refractivity contribution in [2.45, 2.75) is 0 Å². The van der Waals surface area contributed by atoms with E-state index < -0.39 is 5.91 Å². The van der Waals surface area contributed by atoms with Crippen LogP contribution >= 0.6 is 0 Å². The third kappa shape index (κ3) is 3.60. The van der Waals surface area contributed by atoms with Gasteiger partial charge >= 0.3 is 0 Å². The number of carbonyl (C=O) groups is 2. The van der Waals surface area contributed by atoms with Crippen molar-refractivity contribution in [1.82, 2.24) is 0 Å². The lowest BCUT2D eigenvalue weighted by Gasteiger charge is -2.18. The van der Waals surface area contributed by atoms with Gasteiger partial charge in [-0.1, -0.05) is 30.3 Å². The Bertz CT molecular complexity index is 641. The first-order valence-corrected chi connectivity index (χ1v) is 6.54. The highest BCUT2D eigenvalue weighted by Gasteiger charge is 2.12. The van der Waals surface area contributed by atoms with Crippen LogP contribution in [-0.2, 0) is 4.79 Å². The zero-order valence-electron chi connectivity index (χ0n) is 11.7. The van der Waals surface area contributed by atoms with E-state index in [9.17, 15) is 9.59 Å². The standard InChI is InChI=1S/C16H17N3O2/c1-19(12-7-3-2-4-8-12)15(20)11-18-14-10-6-5-9-13(14)16(17)21/h2-10,18H,11H2,1H3,(H2,17,21). The Hall–Kier alpha value is -2.82. The van der Waals surface area contributed by atoms with E-state index in [2.05, 4.69) is 5.32 Å². The molecule has 0 heterocycles. The second-order valence-corrected chi connectivity index (χ2v) is 4.55. The molecule has 5 nitrogen and oxygen atoms in total. The van der Waals surface area contributed by atoms with Gasteiger partial charge in [-0.05, 0) is 24.3 Å². The van der Waals surface area contributed by atoms with E-state index in [-0.39, 0.29) is 12.5 Å². The number of primary amides is 1. The molecule has 0 unspecified atom stereocenters. The smallest absolute Gasteiger partial charge is 0.250 e. The summed E-state index contributed by atoms with van der Waals surface area (Å²) < 4.78 is 0. The van der Waals surface area contributed by atoms with Crippen molar-refractivity contribution >= 4 is 23.2 Å². The molecule has 0 aliphatic carbocycles. The first kappa shape index (κ1) is 14.6. The molecule has 2 amide bonds. The number of likely N-dealkylation sites (N-methyl/N-ethyl adjacent to an activating group) is 1. The fraction of sp³-hybridized carbons (Fsp3) is 0.125. The summed E-state index contributed by atoms with van der Waals surface area (Å²) in [7, 11) is 1.71. The largest absolute Gasteiger partial charge is 0.375 e. The van der Waals surface area contributed by atoms with E-state index in [4.69, 9.17) is 5.73 Å². The summed E-state index contributed by atoms with van der Waals surface area (Å²) in [6.07, 6.45) is 0. The van der Waals surface area contributed by atoms with Gasteiger partial charge in [0.05, 0.1) is 12.1 Å². The molecule has 0 fully saturated rings. The number of rotatable bonds is 5. The molecule has 2 aromatic rings. The molecule has 2 rings (SSSR count). The van der Waals surface area contributed by atoms with Gasteiger partial charge in [-0.3, -0.25) is 9.59 Å². The normalized spacial score (nSPS) is 9.95. The highest BCUT2D eigenvalue weighted by molar-refractivity contribution is 6.00. The second kappa shape index (κ2) is 6.56. The van der Waals surface area contributed by atoms with Gasteiger partial charge in [0.2, 0.25) is 5.91 Å². The molecule has 0 atom stereocenters. The Morgan fingerprint density at radius 2 is 1.67 bits per heavy atom. The van der Waals surface area contributed by atoms with E-state index >= 15 is 0 Å². The summed E-state index contributed by atoms with van der Waals surface area (Å²) >= 11 is 0. The minimum absolute atomic E-state index is 0.0791.